The zero-order valence-electron chi connectivity index (χ0n) is 10.7. The molecule has 0 radical (unpaired) electrons. The van der Waals surface area contributed by atoms with E-state index in [4.69, 9.17) is 10.2 Å². The van der Waals surface area contributed by atoms with Crippen LogP contribution in [0, 0.1) is 0 Å². The fraction of sp³-hybridized carbons (Fsp3) is 0.417. The van der Waals surface area contributed by atoms with E-state index in [0.717, 1.165) is 0 Å². The van der Waals surface area contributed by atoms with Gasteiger partial charge in [0.25, 0.3) is 5.91 Å². The third-order valence-corrected chi connectivity index (χ3v) is 5.68. The second kappa shape index (κ2) is 7.72. The minimum atomic E-state index is -3.46. The lowest BCUT2D eigenvalue weighted by atomic mass is 10.2. The average molecular weight is 366 g/mol. The minimum Gasteiger partial charge on any atom is -0.395 e. The van der Waals surface area contributed by atoms with Crippen molar-refractivity contribution in [3.05, 3.63) is 29.8 Å². The van der Waals surface area contributed by atoms with Crippen LogP contribution in [0.1, 0.15) is 10.4 Å². The summed E-state index contributed by atoms with van der Waals surface area (Å²) in [5, 5.41) is 17.8. The van der Waals surface area contributed by atoms with Gasteiger partial charge in [-0.3, -0.25) is 4.79 Å². The maximum absolute atomic E-state index is 12.2. The minimum absolute atomic E-state index is 0.0492. The monoisotopic (exact) mass is 365 g/mol. The Balaban J connectivity index is 3.07. The Bertz CT molecular complexity index is 555. The molecule has 1 amide bonds. The highest BCUT2D eigenvalue weighted by Gasteiger charge is 2.18. The van der Waals surface area contributed by atoms with E-state index in [0.29, 0.717) is 0 Å². The summed E-state index contributed by atoms with van der Waals surface area (Å²) in [4.78, 5) is 13.5. The second-order valence-corrected chi connectivity index (χ2v) is 7.28. The van der Waals surface area contributed by atoms with Crippen molar-refractivity contribution < 1.29 is 23.4 Å². The molecule has 0 saturated carbocycles. The van der Waals surface area contributed by atoms with Gasteiger partial charge in [0.2, 0.25) is 0 Å². The van der Waals surface area contributed by atoms with Gasteiger partial charge in [-0.25, -0.2) is 8.42 Å². The van der Waals surface area contributed by atoms with Crippen LogP contribution in [-0.4, -0.2) is 60.4 Å². The molecule has 2 N–H and O–H groups in total. The van der Waals surface area contributed by atoms with Crippen LogP contribution in [0.4, 0.5) is 0 Å². The molecule has 0 aromatic heterocycles. The standard InChI is InChI=1S/C12H16BrNO5S/c13-9-20(18,19)11-3-1-2-10(8-11)12(17)14(4-6-15)5-7-16/h1-3,8,15-16H,4-7,9H2. The van der Waals surface area contributed by atoms with Crippen molar-refractivity contribution in [2.75, 3.05) is 31.0 Å². The largest absolute Gasteiger partial charge is 0.395 e. The molecule has 0 saturated heterocycles. The third-order valence-electron chi connectivity index (χ3n) is 2.61. The van der Waals surface area contributed by atoms with E-state index >= 15 is 0 Å². The fourth-order valence-electron chi connectivity index (χ4n) is 1.62. The molecule has 0 aliphatic rings. The average Bonchev–Trinajstić information content (AvgIpc) is 2.46. The molecule has 0 bridgehead atoms. The number of rotatable bonds is 7. The highest BCUT2D eigenvalue weighted by molar-refractivity contribution is 9.10. The van der Waals surface area contributed by atoms with Crippen molar-refractivity contribution in [2.24, 2.45) is 0 Å². The van der Waals surface area contributed by atoms with Gasteiger partial charge in [-0.1, -0.05) is 22.0 Å². The van der Waals surface area contributed by atoms with Crippen molar-refractivity contribution in [3.63, 3.8) is 0 Å². The molecule has 0 aliphatic heterocycles. The van der Waals surface area contributed by atoms with Gasteiger partial charge in [-0.2, -0.15) is 0 Å². The van der Waals surface area contributed by atoms with Crippen LogP contribution >= 0.6 is 15.9 Å². The Hall–Kier alpha value is -0.960. The lowest BCUT2D eigenvalue weighted by Crippen LogP contribution is -2.35. The highest BCUT2D eigenvalue weighted by atomic mass is 79.9. The highest BCUT2D eigenvalue weighted by Crippen LogP contribution is 2.16. The first-order valence-electron chi connectivity index (χ1n) is 5.86. The van der Waals surface area contributed by atoms with Crippen molar-refractivity contribution in [3.8, 4) is 0 Å². The number of amides is 1. The van der Waals surface area contributed by atoms with Gasteiger partial charge in [0.15, 0.2) is 9.84 Å². The van der Waals surface area contributed by atoms with Crippen LogP contribution in [0.25, 0.3) is 0 Å². The van der Waals surface area contributed by atoms with E-state index in [1.807, 2.05) is 0 Å². The molecule has 6 nitrogen and oxygen atoms in total. The summed E-state index contributed by atoms with van der Waals surface area (Å²) in [6, 6.07) is 5.69. The zero-order chi connectivity index (χ0) is 15.2. The molecule has 1 aromatic carbocycles. The second-order valence-electron chi connectivity index (χ2n) is 3.99. The predicted molar refractivity (Wildman–Crippen MR) is 77.5 cm³/mol. The molecule has 0 unspecified atom stereocenters. The summed E-state index contributed by atoms with van der Waals surface area (Å²) in [7, 11) is -3.46. The summed E-state index contributed by atoms with van der Waals surface area (Å²) >= 11 is 2.90. The van der Waals surface area contributed by atoms with Gasteiger partial charge < -0.3 is 15.1 Å². The number of carbonyl (C=O) groups is 1. The predicted octanol–water partition coefficient (Wildman–Crippen LogP) is 0.240. The molecule has 1 rings (SSSR count). The molecular formula is C12H16BrNO5S. The number of hydrogen-bond acceptors (Lipinski definition) is 5. The number of alkyl halides is 1. The van der Waals surface area contributed by atoms with Crippen LogP contribution in [0.2, 0.25) is 0 Å². The topological polar surface area (TPSA) is 94.9 Å². The van der Waals surface area contributed by atoms with Crippen LogP contribution < -0.4 is 0 Å². The molecular weight excluding hydrogens is 350 g/mol. The van der Waals surface area contributed by atoms with E-state index in [9.17, 15) is 13.2 Å². The SMILES string of the molecule is O=C(c1cccc(S(=O)(=O)CBr)c1)N(CCO)CCO. The molecule has 8 heteroatoms. The molecule has 1 aromatic rings. The Kier molecular flexibility index (Phi) is 6.60. The number of aliphatic hydroxyl groups excluding tert-OH is 2. The van der Waals surface area contributed by atoms with Crippen molar-refractivity contribution in [1.29, 1.82) is 0 Å². The van der Waals surface area contributed by atoms with Gasteiger partial charge in [0, 0.05) is 18.7 Å². The molecule has 0 atom stereocenters. The number of halogens is 1. The lowest BCUT2D eigenvalue weighted by molar-refractivity contribution is 0.0684. The number of carbonyl (C=O) groups excluding carboxylic acids is 1. The molecule has 0 fully saturated rings. The van der Waals surface area contributed by atoms with Crippen LogP contribution in [0.5, 0.6) is 0 Å². The maximum Gasteiger partial charge on any atom is 0.254 e. The van der Waals surface area contributed by atoms with E-state index in [-0.39, 0.29) is 41.4 Å². The number of benzene rings is 1. The van der Waals surface area contributed by atoms with E-state index < -0.39 is 15.7 Å². The molecule has 0 aliphatic carbocycles. The molecule has 0 heterocycles. The first-order valence-corrected chi connectivity index (χ1v) is 8.63. The Labute approximate surface area is 126 Å². The third kappa shape index (κ3) is 4.27. The summed E-state index contributed by atoms with van der Waals surface area (Å²) in [6.45, 7) is -0.306. The molecule has 20 heavy (non-hydrogen) atoms. The van der Waals surface area contributed by atoms with Crippen molar-refractivity contribution in [1.82, 2.24) is 4.90 Å². The molecule has 112 valence electrons. The van der Waals surface area contributed by atoms with Crippen LogP contribution in [0.3, 0.4) is 0 Å². The lowest BCUT2D eigenvalue weighted by Gasteiger charge is -2.20. The normalized spacial score (nSPS) is 11.3. The number of sulfone groups is 1. The van der Waals surface area contributed by atoms with Gasteiger partial charge >= 0.3 is 0 Å². The summed E-state index contributed by atoms with van der Waals surface area (Å²) in [5.41, 5.74) is 0.203. The fourth-order valence-corrected chi connectivity index (χ4v) is 3.14. The Morgan fingerprint density at radius 3 is 2.30 bits per heavy atom. The molecule has 0 spiro atoms. The zero-order valence-corrected chi connectivity index (χ0v) is 13.1. The first-order chi connectivity index (χ1) is 9.46. The van der Waals surface area contributed by atoms with Crippen LogP contribution in [0.15, 0.2) is 29.2 Å². The van der Waals surface area contributed by atoms with Crippen LogP contribution in [-0.2, 0) is 9.84 Å². The van der Waals surface area contributed by atoms with E-state index in [1.165, 1.54) is 29.2 Å². The number of hydrogen-bond donors (Lipinski definition) is 2. The van der Waals surface area contributed by atoms with Gasteiger partial charge in [-0.15, -0.1) is 0 Å². The number of aliphatic hydroxyl groups is 2. The summed E-state index contributed by atoms with van der Waals surface area (Å²) in [6.07, 6.45) is 0. The van der Waals surface area contributed by atoms with Gasteiger partial charge in [0.05, 0.1) is 18.1 Å². The van der Waals surface area contributed by atoms with Gasteiger partial charge in [-0.05, 0) is 18.2 Å². The van der Waals surface area contributed by atoms with Crippen molar-refractivity contribution >= 4 is 31.7 Å². The van der Waals surface area contributed by atoms with E-state index in [1.54, 1.807) is 0 Å². The first kappa shape index (κ1) is 17.1. The van der Waals surface area contributed by atoms with E-state index in [2.05, 4.69) is 15.9 Å². The smallest absolute Gasteiger partial charge is 0.254 e. The summed E-state index contributed by atoms with van der Waals surface area (Å²) < 4.78 is 23.3. The quantitative estimate of drug-likeness (QED) is 0.674. The Morgan fingerprint density at radius 2 is 1.80 bits per heavy atom. The number of nitrogens with zero attached hydrogens (tertiary/aromatic N) is 1. The van der Waals surface area contributed by atoms with Crippen molar-refractivity contribution in [2.45, 2.75) is 4.90 Å². The Morgan fingerprint density at radius 1 is 1.20 bits per heavy atom. The maximum atomic E-state index is 12.2. The summed E-state index contributed by atoms with van der Waals surface area (Å²) in [5.74, 6) is -0.431. The van der Waals surface area contributed by atoms with Gasteiger partial charge in [0.1, 0.15) is 4.66 Å².